The van der Waals surface area contributed by atoms with Crippen molar-refractivity contribution in [3.8, 4) is 0 Å². The predicted octanol–water partition coefficient (Wildman–Crippen LogP) is 1.30. The highest BCUT2D eigenvalue weighted by Crippen LogP contribution is 2.18. The molecule has 0 unspecified atom stereocenters. The van der Waals surface area contributed by atoms with Gasteiger partial charge in [-0.15, -0.1) is 0 Å². The summed E-state index contributed by atoms with van der Waals surface area (Å²) in [5, 5.41) is 6.46. The fourth-order valence-corrected chi connectivity index (χ4v) is 2.10. The minimum Gasteiger partial charge on any atom is -0.381 e. The summed E-state index contributed by atoms with van der Waals surface area (Å²) in [5.41, 5.74) is 0.639. The van der Waals surface area contributed by atoms with Gasteiger partial charge in [-0.3, -0.25) is 9.89 Å². The first kappa shape index (κ1) is 12.1. The van der Waals surface area contributed by atoms with Crippen LogP contribution in [0, 0.1) is 5.92 Å². The molecule has 94 valence electrons. The molecule has 0 spiro atoms. The predicted molar refractivity (Wildman–Crippen MR) is 63.7 cm³/mol. The number of hydrogen-bond donors (Lipinski definition) is 1. The molecule has 1 aliphatic rings. The number of likely N-dealkylation sites (tertiary alicyclic amines) is 1. The average Bonchev–Trinajstić information content (AvgIpc) is 3.00. The van der Waals surface area contributed by atoms with Gasteiger partial charge in [0.15, 0.2) is 0 Å². The highest BCUT2D eigenvalue weighted by molar-refractivity contribution is 5.93. The molecule has 0 bridgehead atoms. The summed E-state index contributed by atoms with van der Waals surface area (Å²) in [6.45, 7) is 5.30. The number of ether oxygens (including phenoxy) is 1. The second kappa shape index (κ2) is 5.82. The van der Waals surface area contributed by atoms with E-state index in [4.69, 9.17) is 4.74 Å². The van der Waals surface area contributed by atoms with Crippen LogP contribution < -0.4 is 0 Å². The van der Waals surface area contributed by atoms with E-state index in [1.165, 1.54) is 0 Å². The summed E-state index contributed by atoms with van der Waals surface area (Å²) in [4.78, 5) is 13.9. The van der Waals surface area contributed by atoms with Crippen molar-refractivity contribution in [1.82, 2.24) is 15.1 Å². The molecule has 1 fully saturated rings. The normalized spacial score (nSPS) is 19.8. The van der Waals surface area contributed by atoms with Crippen LogP contribution in [0.25, 0.3) is 0 Å². The van der Waals surface area contributed by atoms with E-state index in [-0.39, 0.29) is 5.91 Å². The highest BCUT2D eigenvalue weighted by Gasteiger charge is 2.27. The fourth-order valence-electron chi connectivity index (χ4n) is 2.10. The molecule has 1 amide bonds. The summed E-state index contributed by atoms with van der Waals surface area (Å²) >= 11 is 0. The molecule has 0 radical (unpaired) electrons. The van der Waals surface area contributed by atoms with E-state index in [0.29, 0.717) is 11.5 Å². The lowest BCUT2D eigenvalue weighted by molar-refractivity contribution is 0.0754. The average molecular weight is 237 g/mol. The van der Waals surface area contributed by atoms with Gasteiger partial charge in [0.2, 0.25) is 0 Å². The zero-order chi connectivity index (χ0) is 12.1. The molecular formula is C12H19N3O2. The van der Waals surface area contributed by atoms with Crippen molar-refractivity contribution in [2.45, 2.75) is 19.8 Å². The van der Waals surface area contributed by atoms with Crippen LogP contribution in [0.5, 0.6) is 0 Å². The third-order valence-corrected chi connectivity index (χ3v) is 3.02. The van der Waals surface area contributed by atoms with Crippen LogP contribution in [-0.2, 0) is 4.74 Å². The lowest BCUT2D eigenvalue weighted by Crippen LogP contribution is -2.29. The van der Waals surface area contributed by atoms with Crippen LogP contribution in [0.4, 0.5) is 0 Å². The van der Waals surface area contributed by atoms with Crippen LogP contribution in [0.3, 0.4) is 0 Å². The minimum absolute atomic E-state index is 0.0664. The Labute approximate surface area is 101 Å². The van der Waals surface area contributed by atoms with Gasteiger partial charge in [0, 0.05) is 31.8 Å². The lowest BCUT2D eigenvalue weighted by atomic mass is 10.1. The Bertz CT molecular complexity index is 351. The van der Waals surface area contributed by atoms with Crippen LogP contribution >= 0.6 is 0 Å². The van der Waals surface area contributed by atoms with Gasteiger partial charge in [-0.2, -0.15) is 5.10 Å². The van der Waals surface area contributed by atoms with Gasteiger partial charge < -0.3 is 9.64 Å². The number of aromatic nitrogens is 2. The number of nitrogens with zero attached hydrogens (tertiary/aromatic N) is 2. The van der Waals surface area contributed by atoms with Gasteiger partial charge in [-0.1, -0.05) is 6.92 Å². The number of amides is 1. The highest BCUT2D eigenvalue weighted by atomic mass is 16.5. The molecule has 0 saturated carbocycles. The maximum absolute atomic E-state index is 12.0. The summed E-state index contributed by atoms with van der Waals surface area (Å²) in [5.74, 6) is 0.550. The Morgan fingerprint density at radius 3 is 3.29 bits per heavy atom. The van der Waals surface area contributed by atoms with Crippen molar-refractivity contribution >= 4 is 5.91 Å². The van der Waals surface area contributed by atoms with E-state index in [0.717, 1.165) is 39.1 Å². The maximum Gasteiger partial charge on any atom is 0.257 e. The quantitative estimate of drug-likeness (QED) is 0.785. The number of carbonyl (C=O) groups excluding carboxylic acids is 1. The summed E-state index contributed by atoms with van der Waals surface area (Å²) in [7, 11) is 0. The van der Waals surface area contributed by atoms with E-state index >= 15 is 0 Å². The van der Waals surface area contributed by atoms with Crippen molar-refractivity contribution < 1.29 is 9.53 Å². The third-order valence-electron chi connectivity index (χ3n) is 3.02. The third kappa shape index (κ3) is 3.06. The Kier molecular flexibility index (Phi) is 4.14. The van der Waals surface area contributed by atoms with E-state index < -0.39 is 0 Å². The standard InChI is InChI=1S/C12H19N3O2/c1-2-5-17-9-10-3-4-15(8-10)12(16)11-6-13-14-7-11/h6-7,10H,2-5,8-9H2,1H3,(H,13,14)/t10-/m1/s1. The van der Waals surface area contributed by atoms with Gasteiger partial charge in [-0.05, 0) is 12.8 Å². The molecule has 0 aromatic carbocycles. The molecule has 1 saturated heterocycles. The molecule has 1 N–H and O–H groups in total. The molecule has 5 nitrogen and oxygen atoms in total. The van der Waals surface area contributed by atoms with Crippen molar-refractivity contribution in [1.29, 1.82) is 0 Å². The van der Waals surface area contributed by atoms with Gasteiger partial charge in [0.05, 0.1) is 18.4 Å². The van der Waals surface area contributed by atoms with Crippen molar-refractivity contribution in [3.63, 3.8) is 0 Å². The Morgan fingerprint density at radius 2 is 2.59 bits per heavy atom. The molecule has 2 heterocycles. The molecule has 1 atom stereocenters. The maximum atomic E-state index is 12.0. The van der Waals surface area contributed by atoms with Gasteiger partial charge in [-0.25, -0.2) is 0 Å². The Balaban J connectivity index is 1.79. The van der Waals surface area contributed by atoms with Crippen LogP contribution in [-0.4, -0.2) is 47.3 Å². The van der Waals surface area contributed by atoms with Gasteiger partial charge in [0.25, 0.3) is 5.91 Å². The van der Waals surface area contributed by atoms with Crippen molar-refractivity contribution in [2.75, 3.05) is 26.3 Å². The molecule has 1 aromatic rings. The molecular weight excluding hydrogens is 218 g/mol. The first-order chi connectivity index (χ1) is 8.31. The minimum atomic E-state index is 0.0664. The zero-order valence-electron chi connectivity index (χ0n) is 10.2. The second-order valence-corrected chi connectivity index (χ2v) is 4.47. The Hall–Kier alpha value is -1.36. The van der Waals surface area contributed by atoms with Gasteiger partial charge in [0.1, 0.15) is 0 Å². The number of carbonyl (C=O) groups is 1. The van der Waals surface area contributed by atoms with E-state index in [9.17, 15) is 4.79 Å². The lowest BCUT2D eigenvalue weighted by Gasteiger charge is -2.15. The summed E-state index contributed by atoms with van der Waals surface area (Å²) in [6.07, 6.45) is 5.30. The number of rotatable bonds is 5. The zero-order valence-corrected chi connectivity index (χ0v) is 10.2. The fraction of sp³-hybridized carbons (Fsp3) is 0.667. The topological polar surface area (TPSA) is 58.2 Å². The van der Waals surface area contributed by atoms with Crippen molar-refractivity contribution in [3.05, 3.63) is 18.0 Å². The number of H-pyrrole nitrogens is 1. The smallest absolute Gasteiger partial charge is 0.257 e. The summed E-state index contributed by atoms with van der Waals surface area (Å²) in [6, 6.07) is 0. The number of aromatic amines is 1. The van der Waals surface area contributed by atoms with Crippen molar-refractivity contribution in [2.24, 2.45) is 5.92 Å². The SMILES string of the molecule is CCCOC[C@@H]1CCN(C(=O)c2cn[nH]c2)C1. The van der Waals surface area contributed by atoms with Crippen LogP contribution in [0.2, 0.25) is 0 Å². The molecule has 0 aliphatic carbocycles. The number of hydrogen-bond acceptors (Lipinski definition) is 3. The van der Waals surface area contributed by atoms with E-state index in [1.807, 2.05) is 4.90 Å². The van der Waals surface area contributed by atoms with Crippen LogP contribution in [0.15, 0.2) is 12.4 Å². The molecule has 1 aliphatic heterocycles. The van der Waals surface area contributed by atoms with E-state index in [2.05, 4.69) is 17.1 Å². The first-order valence-corrected chi connectivity index (χ1v) is 6.17. The second-order valence-electron chi connectivity index (χ2n) is 4.47. The number of nitrogens with one attached hydrogen (secondary N) is 1. The van der Waals surface area contributed by atoms with E-state index in [1.54, 1.807) is 12.4 Å². The first-order valence-electron chi connectivity index (χ1n) is 6.17. The Morgan fingerprint density at radius 1 is 1.71 bits per heavy atom. The molecule has 1 aromatic heterocycles. The largest absolute Gasteiger partial charge is 0.381 e. The van der Waals surface area contributed by atoms with Crippen LogP contribution in [0.1, 0.15) is 30.1 Å². The monoisotopic (exact) mass is 237 g/mol. The molecule has 5 heteroatoms. The molecule has 17 heavy (non-hydrogen) atoms. The summed E-state index contributed by atoms with van der Waals surface area (Å²) < 4.78 is 5.53. The van der Waals surface area contributed by atoms with Gasteiger partial charge >= 0.3 is 0 Å². The molecule has 2 rings (SSSR count).